The van der Waals surface area contributed by atoms with Crippen LogP contribution in [-0.2, 0) is 10.2 Å². The molecule has 2 saturated heterocycles. The molecule has 5 nitrogen and oxygen atoms in total. The number of rotatable bonds is 6. The fourth-order valence-electron chi connectivity index (χ4n) is 3.15. The maximum atomic E-state index is 12.5. The quantitative estimate of drug-likeness (QED) is 0.766. The van der Waals surface area contributed by atoms with Crippen LogP contribution in [0.1, 0.15) is 38.5 Å². The second kappa shape index (κ2) is 7.17. The second-order valence-corrected chi connectivity index (χ2v) is 9.44. The third kappa shape index (κ3) is 4.82. The zero-order chi connectivity index (χ0) is 14.7. The number of piperidine rings is 1. The van der Waals surface area contributed by atoms with E-state index in [1.165, 1.54) is 12.8 Å². The van der Waals surface area contributed by atoms with Gasteiger partial charge >= 0.3 is 0 Å². The van der Waals surface area contributed by atoms with Crippen LogP contribution in [-0.4, -0.2) is 55.9 Å². The molecule has 0 spiro atoms. The number of thioether (sulfide) groups is 1. The molecule has 2 heterocycles. The summed E-state index contributed by atoms with van der Waals surface area (Å²) in [6.45, 7) is 2.32. The summed E-state index contributed by atoms with van der Waals surface area (Å²) in [5, 5.41) is 3.53. The van der Waals surface area contributed by atoms with Crippen molar-refractivity contribution in [2.45, 2.75) is 50.6 Å². The van der Waals surface area contributed by atoms with Crippen molar-refractivity contribution in [3.8, 4) is 0 Å². The Morgan fingerprint density at radius 3 is 2.67 bits per heavy atom. The van der Waals surface area contributed by atoms with E-state index in [1.54, 1.807) is 4.31 Å². The van der Waals surface area contributed by atoms with E-state index >= 15 is 0 Å². The smallest absolute Gasteiger partial charge is 0.279 e. The third-order valence-corrected chi connectivity index (χ3v) is 7.43. The number of hydrogen-bond acceptors (Lipinski definition) is 4. The van der Waals surface area contributed by atoms with Crippen LogP contribution in [0.2, 0.25) is 0 Å². The first-order chi connectivity index (χ1) is 10.1. The molecule has 3 aliphatic rings. The number of hydrogen-bond donors (Lipinski definition) is 2. The van der Waals surface area contributed by atoms with E-state index in [0.717, 1.165) is 43.7 Å². The number of nitrogens with zero attached hydrogens (tertiary/aromatic N) is 1. The topological polar surface area (TPSA) is 61.4 Å². The van der Waals surface area contributed by atoms with Crippen LogP contribution < -0.4 is 10.0 Å². The van der Waals surface area contributed by atoms with Crippen molar-refractivity contribution in [3.63, 3.8) is 0 Å². The Hall–Kier alpha value is 0.180. The average Bonchev–Trinajstić information content (AvgIpc) is 3.30. The molecule has 122 valence electrons. The van der Waals surface area contributed by atoms with E-state index in [-0.39, 0.29) is 6.04 Å². The molecular formula is C14H27N3O2S2. The van der Waals surface area contributed by atoms with Crippen LogP contribution in [0.15, 0.2) is 0 Å². The molecular weight excluding hydrogens is 306 g/mol. The first kappa shape index (κ1) is 16.1. The van der Waals surface area contributed by atoms with E-state index in [9.17, 15) is 8.42 Å². The van der Waals surface area contributed by atoms with Crippen molar-refractivity contribution in [1.82, 2.24) is 14.3 Å². The van der Waals surface area contributed by atoms with Gasteiger partial charge in [-0.1, -0.05) is 0 Å². The monoisotopic (exact) mass is 333 g/mol. The van der Waals surface area contributed by atoms with Gasteiger partial charge in [-0.25, -0.2) is 0 Å². The van der Waals surface area contributed by atoms with Gasteiger partial charge in [0.05, 0.1) is 0 Å². The molecule has 1 saturated carbocycles. The van der Waals surface area contributed by atoms with Gasteiger partial charge in [-0.2, -0.15) is 29.2 Å². The summed E-state index contributed by atoms with van der Waals surface area (Å²) in [7, 11) is -3.30. The molecule has 2 atom stereocenters. The highest BCUT2D eigenvalue weighted by Gasteiger charge is 2.31. The Balaban J connectivity index is 1.50. The van der Waals surface area contributed by atoms with E-state index in [2.05, 4.69) is 10.0 Å². The number of nitrogens with one attached hydrogen (secondary N) is 2. The van der Waals surface area contributed by atoms with Crippen molar-refractivity contribution >= 4 is 22.0 Å². The Labute approximate surface area is 132 Å². The van der Waals surface area contributed by atoms with Crippen LogP contribution in [0.3, 0.4) is 0 Å². The van der Waals surface area contributed by atoms with Gasteiger partial charge in [0.1, 0.15) is 0 Å². The van der Waals surface area contributed by atoms with Crippen LogP contribution >= 0.6 is 11.8 Å². The predicted molar refractivity (Wildman–Crippen MR) is 87.7 cm³/mol. The van der Waals surface area contributed by atoms with Gasteiger partial charge in [0, 0.05) is 30.9 Å². The molecule has 0 bridgehead atoms. The molecule has 2 aliphatic heterocycles. The normalized spacial score (nSPS) is 32.2. The van der Waals surface area contributed by atoms with Crippen molar-refractivity contribution < 1.29 is 8.42 Å². The lowest BCUT2D eigenvalue weighted by atomic mass is 10.00. The zero-order valence-corrected chi connectivity index (χ0v) is 14.2. The van der Waals surface area contributed by atoms with Crippen molar-refractivity contribution in [3.05, 3.63) is 0 Å². The van der Waals surface area contributed by atoms with Crippen molar-refractivity contribution in [2.75, 3.05) is 31.1 Å². The fraction of sp³-hybridized carbons (Fsp3) is 1.00. The van der Waals surface area contributed by atoms with Crippen molar-refractivity contribution in [2.24, 2.45) is 5.92 Å². The van der Waals surface area contributed by atoms with Gasteiger partial charge in [0.2, 0.25) is 0 Å². The molecule has 3 rings (SSSR count). The minimum Gasteiger partial charge on any atom is -0.314 e. The zero-order valence-electron chi connectivity index (χ0n) is 12.6. The first-order valence-corrected chi connectivity index (χ1v) is 10.8. The molecule has 0 aromatic carbocycles. The summed E-state index contributed by atoms with van der Waals surface area (Å²) in [4.78, 5) is 0. The Morgan fingerprint density at radius 1 is 1.10 bits per heavy atom. The molecule has 7 heteroatoms. The van der Waals surface area contributed by atoms with Gasteiger partial charge < -0.3 is 5.32 Å². The van der Waals surface area contributed by atoms with Gasteiger partial charge in [0.25, 0.3) is 10.2 Å². The lowest BCUT2D eigenvalue weighted by molar-refractivity contribution is 0.256. The third-order valence-electron chi connectivity index (χ3n) is 4.57. The SMILES string of the molecule is O=S(=O)(NC1CCCSC1)N1CCCC(CNC2CC2)C1. The van der Waals surface area contributed by atoms with E-state index in [4.69, 9.17) is 0 Å². The van der Waals surface area contributed by atoms with E-state index in [0.29, 0.717) is 25.0 Å². The highest BCUT2D eigenvalue weighted by atomic mass is 32.2. The molecule has 21 heavy (non-hydrogen) atoms. The van der Waals surface area contributed by atoms with Gasteiger partial charge in [-0.3, -0.25) is 0 Å². The van der Waals surface area contributed by atoms with Gasteiger partial charge in [0.15, 0.2) is 0 Å². The average molecular weight is 334 g/mol. The Bertz CT molecular complexity index is 434. The maximum Gasteiger partial charge on any atom is 0.279 e. The lowest BCUT2D eigenvalue weighted by Crippen LogP contribution is -2.51. The Kier molecular flexibility index (Phi) is 5.48. The van der Waals surface area contributed by atoms with Crippen LogP contribution in [0.4, 0.5) is 0 Å². The first-order valence-electron chi connectivity index (χ1n) is 8.22. The van der Waals surface area contributed by atoms with Gasteiger partial charge in [-0.15, -0.1) is 0 Å². The van der Waals surface area contributed by atoms with E-state index in [1.807, 2.05) is 11.8 Å². The molecule has 0 aromatic rings. The second-order valence-electron chi connectivity index (χ2n) is 6.59. The van der Waals surface area contributed by atoms with Crippen molar-refractivity contribution in [1.29, 1.82) is 0 Å². The van der Waals surface area contributed by atoms with Gasteiger partial charge in [-0.05, 0) is 56.7 Å². The van der Waals surface area contributed by atoms with Crippen LogP contribution in [0, 0.1) is 5.92 Å². The highest BCUT2D eigenvalue weighted by molar-refractivity contribution is 7.99. The summed E-state index contributed by atoms with van der Waals surface area (Å²) in [6, 6.07) is 0.827. The highest BCUT2D eigenvalue weighted by Crippen LogP contribution is 2.23. The molecule has 3 fully saturated rings. The fourth-order valence-corrected chi connectivity index (χ4v) is 5.88. The summed E-state index contributed by atoms with van der Waals surface area (Å²) >= 11 is 1.85. The molecule has 0 amide bonds. The molecule has 0 radical (unpaired) electrons. The van der Waals surface area contributed by atoms with Crippen LogP contribution in [0.25, 0.3) is 0 Å². The molecule has 2 N–H and O–H groups in total. The summed E-state index contributed by atoms with van der Waals surface area (Å²) in [6.07, 6.45) is 6.80. The minimum absolute atomic E-state index is 0.124. The summed E-state index contributed by atoms with van der Waals surface area (Å²) in [5.74, 6) is 2.55. The lowest BCUT2D eigenvalue weighted by Gasteiger charge is -2.33. The van der Waals surface area contributed by atoms with E-state index < -0.39 is 10.2 Å². The molecule has 2 unspecified atom stereocenters. The Morgan fingerprint density at radius 2 is 1.95 bits per heavy atom. The van der Waals surface area contributed by atoms with Crippen LogP contribution in [0.5, 0.6) is 0 Å². The predicted octanol–water partition coefficient (Wildman–Crippen LogP) is 1.18. The minimum atomic E-state index is -3.30. The largest absolute Gasteiger partial charge is 0.314 e. The summed E-state index contributed by atoms with van der Waals surface area (Å²) < 4.78 is 29.7. The summed E-state index contributed by atoms with van der Waals surface area (Å²) in [5.41, 5.74) is 0. The standard InChI is InChI=1S/C14H27N3O2S2/c18-21(19,16-14-4-2-8-20-11-14)17-7-1-3-12(10-17)9-15-13-5-6-13/h12-16H,1-11H2. The maximum absolute atomic E-state index is 12.5. The molecule has 0 aromatic heterocycles. The molecule has 1 aliphatic carbocycles.